The van der Waals surface area contributed by atoms with Crippen LogP contribution in [-0.2, 0) is 14.9 Å². The van der Waals surface area contributed by atoms with Crippen LogP contribution in [0.1, 0.15) is 55.4 Å². The third-order valence-electron chi connectivity index (χ3n) is 6.24. The second-order valence-electron chi connectivity index (χ2n) is 8.49. The molecular weight excluding hydrogens is 419 g/mol. The van der Waals surface area contributed by atoms with Crippen LogP contribution in [0.5, 0.6) is 0 Å². The molecule has 1 aliphatic heterocycles. The van der Waals surface area contributed by atoms with Gasteiger partial charge in [0.05, 0.1) is 22.6 Å². The van der Waals surface area contributed by atoms with E-state index in [0.29, 0.717) is 23.3 Å². The van der Waals surface area contributed by atoms with E-state index in [9.17, 15) is 9.90 Å². The number of aryl methyl sites for hydroxylation is 1. The van der Waals surface area contributed by atoms with Crippen molar-refractivity contribution in [2.75, 3.05) is 13.2 Å². The zero-order valence-electron chi connectivity index (χ0n) is 17.8. The van der Waals surface area contributed by atoms with E-state index in [0.717, 1.165) is 34.2 Å². The van der Waals surface area contributed by atoms with Crippen molar-refractivity contribution >= 4 is 35.2 Å². The molecule has 2 aromatic rings. The van der Waals surface area contributed by atoms with Gasteiger partial charge in [0.15, 0.2) is 0 Å². The Morgan fingerprint density at radius 3 is 2.37 bits per heavy atom. The lowest BCUT2D eigenvalue weighted by Crippen LogP contribution is -2.28. The average molecular weight is 447 g/mol. The van der Waals surface area contributed by atoms with Crippen molar-refractivity contribution in [2.45, 2.75) is 45.4 Å². The molecule has 0 aromatic heterocycles. The Kier molecular flexibility index (Phi) is 6.96. The van der Waals surface area contributed by atoms with E-state index >= 15 is 0 Å². The van der Waals surface area contributed by atoms with Crippen LogP contribution < -0.4 is 0 Å². The minimum Gasteiger partial charge on any atom is -0.481 e. The van der Waals surface area contributed by atoms with Crippen molar-refractivity contribution in [3.05, 3.63) is 74.3 Å². The minimum atomic E-state index is -0.793. The van der Waals surface area contributed by atoms with Gasteiger partial charge in [-0.2, -0.15) is 0 Å². The molecule has 30 heavy (non-hydrogen) atoms. The quantitative estimate of drug-likeness (QED) is 0.525. The first-order chi connectivity index (χ1) is 14.2. The average Bonchev–Trinajstić information content (AvgIpc) is 3.19. The fourth-order valence-corrected chi connectivity index (χ4v) is 4.78. The molecule has 1 N–H and O–H groups in total. The van der Waals surface area contributed by atoms with E-state index in [1.165, 1.54) is 0 Å². The maximum absolute atomic E-state index is 11.7. The lowest BCUT2D eigenvalue weighted by atomic mass is 9.73. The molecule has 5 heteroatoms. The summed E-state index contributed by atoms with van der Waals surface area (Å²) in [4.78, 5) is 11.7. The number of hydrogen-bond donors (Lipinski definition) is 1. The SMILES string of the molecule is C/C(=C\c1c(C)ccc(Cl)c1Cl)C1(c2ccc(C(C(=O)O)C(C)C)cc2)CCOC1. The lowest BCUT2D eigenvalue weighted by Gasteiger charge is -2.30. The molecular formula is C25H28Cl2O3. The normalized spacial score (nSPS) is 20.6. The summed E-state index contributed by atoms with van der Waals surface area (Å²) in [5, 5.41) is 10.7. The summed E-state index contributed by atoms with van der Waals surface area (Å²) < 4.78 is 5.82. The number of halogens is 2. The topological polar surface area (TPSA) is 46.5 Å². The number of carboxylic acids is 1. The predicted molar refractivity (Wildman–Crippen MR) is 124 cm³/mol. The summed E-state index contributed by atoms with van der Waals surface area (Å²) >= 11 is 12.7. The predicted octanol–water partition coefficient (Wildman–Crippen LogP) is 6.89. The Morgan fingerprint density at radius 1 is 1.17 bits per heavy atom. The fourth-order valence-electron chi connectivity index (χ4n) is 4.35. The van der Waals surface area contributed by atoms with Crippen LogP contribution >= 0.6 is 23.2 Å². The van der Waals surface area contributed by atoms with E-state index in [1.807, 2.05) is 57.2 Å². The van der Waals surface area contributed by atoms with Crippen molar-refractivity contribution in [3.63, 3.8) is 0 Å². The number of carbonyl (C=O) groups is 1. The Hall–Kier alpha value is -1.81. The second-order valence-corrected chi connectivity index (χ2v) is 9.27. The van der Waals surface area contributed by atoms with Crippen LogP contribution in [0.4, 0.5) is 0 Å². The summed E-state index contributed by atoms with van der Waals surface area (Å²) in [5.41, 5.74) is 4.82. The van der Waals surface area contributed by atoms with Crippen LogP contribution in [-0.4, -0.2) is 24.3 Å². The molecule has 0 saturated carbocycles. The van der Waals surface area contributed by atoms with Gasteiger partial charge in [-0.15, -0.1) is 0 Å². The first-order valence-corrected chi connectivity index (χ1v) is 11.0. The maximum atomic E-state index is 11.7. The van der Waals surface area contributed by atoms with E-state index in [4.69, 9.17) is 27.9 Å². The number of ether oxygens (including phenoxy) is 1. The Morgan fingerprint density at radius 2 is 1.83 bits per heavy atom. The molecule has 0 radical (unpaired) electrons. The van der Waals surface area contributed by atoms with Crippen molar-refractivity contribution in [1.82, 2.24) is 0 Å². The number of aliphatic carboxylic acids is 1. The van der Waals surface area contributed by atoms with Gasteiger partial charge in [0, 0.05) is 12.0 Å². The van der Waals surface area contributed by atoms with Crippen LogP contribution in [0.25, 0.3) is 6.08 Å². The first-order valence-electron chi connectivity index (χ1n) is 10.2. The molecule has 0 spiro atoms. The van der Waals surface area contributed by atoms with Gasteiger partial charge >= 0.3 is 5.97 Å². The van der Waals surface area contributed by atoms with Crippen molar-refractivity contribution in [3.8, 4) is 0 Å². The molecule has 2 atom stereocenters. The molecule has 1 aliphatic rings. The molecule has 2 unspecified atom stereocenters. The van der Waals surface area contributed by atoms with Crippen LogP contribution in [0, 0.1) is 12.8 Å². The van der Waals surface area contributed by atoms with Crippen LogP contribution in [0.3, 0.4) is 0 Å². The molecule has 1 heterocycles. The highest BCUT2D eigenvalue weighted by atomic mass is 35.5. The number of rotatable bonds is 6. The summed E-state index contributed by atoms with van der Waals surface area (Å²) in [6, 6.07) is 11.8. The number of hydrogen-bond acceptors (Lipinski definition) is 2. The minimum absolute atomic E-state index is 0.0201. The molecule has 0 aliphatic carbocycles. The molecule has 0 amide bonds. The van der Waals surface area contributed by atoms with Gasteiger partial charge in [0.1, 0.15) is 0 Å². The Bertz CT molecular complexity index is 955. The van der Waals surface area contributed by atoms with Gasteiger partial charge in [-0.25, -0.2) is 0 Å². The smallest absolute Gasteiger partial charge is 0.311 e. The summed E-state index contributed by atoms with van der Waals surface area (Å²) in [7, 11) is 0. The Labute approximate surface area is 188 Å². The van der Waals surface area contributed by atoms with Crippen LogP contribution in [0.2, 0.25) is 10.0 Å². The first kappa shape index (κ1) is 22.9. The molecule has 0 bridgehead atoms. The summed E-state index contributed by atoms with van der Waals surface area (Å²) in [5.74, 6) is -1.29. The van der Waals surface area contributed by atoms with Gasteiger partial charge in [-0.05, 0) is 54.5 Å². The van der Waals surface area contributed by atoms with Gasteiger partial charge in [0.2, 0.25) is 0 Å². The number of benzene rings is 2. The van der Waals surface area contributed by atoms with Gasteiger partial charge in [0.25, 0.3) is 0 Å². The zero-order valence-corrected chi connectivity index (χ0v) is 19.3. The van der Waals surface area contributed by atoms with Crippen molar-refractivity contribution < 1.29 is 14.6 Å². The molecule has 1 fully saturated rings. The van der Waals surface area contributed by atoms with Gasteiger partial charge in [-0.3, -0.25) is 4.79 Å². The third-order valence-corrected chi connectivity index (χ3v) is 7.06. The maximum Gasteiger partial charge on any atom is 0.311 e. The Balaban J connectivity index is 2.03. The highest BCUT2D eigenvalue weighted by Gasteiger charge is 2.38. The number of carboxylic acid groups (broad SMARTS) is 1. The third kappa shape index (κ3) is 4.30. The molecule has 3 rings (SSSR count). The highest BCUT2D eigenvalue weighted by molar-refractivity contribution is 6.43. The van der Waals surface area contributed by atoms with E-state index in [-0.39, 0.29) is 11.3 Å². The van der Waals surface area contributed by atoms with Crippen molar-refractivity contribution in [2.24, 2.45) is 5.92 Å². The van der Waals surface area contributed by atoms with E-state index < -0.39 is 11.9 Å². The molecule has 160 valence electrons. The largest absolute Gasteiger partial charge is 0.481 e. The lowest BCUT2D eigenvalue weighted by molar-refractivity contribution is -0.139. The van der Waals surface area contributed by atoms with E-state index in [2.05, 4.69) is 13.0 Å². The highest BCUT2D eigenvalue weighted by Crippen LogP contribution is 2.42. The molecule has 2 aromatic carbocycles. The molecule has 3 nitrogen and oxygen atoms in total. The van der Waals surface area contributed by atoms with Crippen molar-refractivity contribution in [1.29, 1.82) is 0 Å². The summed E-state index contributed by atoms with van der Waals surface area (Å²) in [6.45, 7) is 9.25. The van der Waals surface area contributed by atoms with Gasteiger partial charge < -0.3 is 9.84 Å². The molecule has 1 saturated heterocycles. The fraction of sp³-hybridized carbons (Fsp3) is 0.400. The van der Waals surface area contributed by atoms with Crippen LogP contribution in [0.15, 0.2) is 42.0 Å². The van der Waals surface area contributed by atoms with E-state index in [1.54, 1.807) is 0 Å². The summed E-state index contributed by atoms with van der Waals surface area (Å²) in [6.07, 6.45) is 2.97. The zero-order chi connectivity index (χ0) is 22.1. The monoisotopic (exact) mass is 446 g/mol. The standard InChI is InChI=1S/C25H28Cl2O3/c1-15(2)22(24(28)29)18-6-8-19(9-7-18)25(11-12-30-14-25)17(4)13-20-16(3)5-10-21(26)23(20)27/h5-10,13,15,22H,11-12,14H2,1-4H3,(H,28,29)/b17-13+. The second kappa shape index (κ2) is 9.13. The van der Waals surface area contributed by atoms with Gasteiger partial charge in [-0.1, -0.05) is 79.0 Å².